The lowest BCUT2D eigenvalue weighted by Gasteiger charge is -2.24. The third-order valence-corrected chi connectivity index (χ3v) is 3.71. The number of methoxy groups -OCH3 is 1. The summed E-state index contributed by atoms with van der Waals surface area (Å²) in [5.41, 5.74) is 0.331. The Kier molecular flexibility index (Phi) is 4.31. The molecule has 1 N–H and O–H groups in total. The van der Waals surface area contributed by atoms with Gasteiger partial charge in [0.05, 0.1) is 19.1 Å². The van der Waals surface area contributed by atoms with Gasteiger partial charge in [0, 0.05) is 19.4 Å². The van der Waals surface area contributed by atoms with Crippen molar-refractivity contribution in [3.8, 4) is 5.75 Å². The molecule has 0 bridgehead atoms. The number of rotatable bonds is 5. The number of ether oxygens (including phenoxy) is 1. The predicted octanol–water partition coefficient (Wildman–Crippen LogP) is 2.02. The van der Waals surface area contributed by atoms with Gasteiger partial charge in [0.15, 0.2) is 0 Å². The van der Waals surface area contributed by atoms with Gasteiger partial charge in [-0.15, -0.1) is 0 Å². The van der Waals surface area contributed by atoms with E-state index in [1.807, 2.05) is 55.9 Å². The summed E-state index contributed by atoms with van der Waals surface area (Å²) >= 11 is 0. The maximum atomic E-state index is 12.4. The fraction of sp³-hybridized carbons (Fsp3) is 0.375. The third-order valence-electron chi connectivity index (χ3n) is 3.71. The number of nitrogens with one attached hydrogen (secondary N) is 1. The number of carbonyl (C=O) groups is 1. The second-order valence-electron chi connectivity index (χ2n) is 5.49. The molecule has 0 spiro atoms. The largest absolute Gasteiger partial charge is 0.497 e. The van der Waals surface area contributed by atoms with Gasteiger partial charge in [-0.25, -0.2) is 4.98 Å². The Bertz CT molecular complexity index is 615. The second kappa shape index (κ2) is 5.99. The molecule has 0 saturated heterocycles. The highest BCUT2D eigenvalue weighted by atomic mass is 16.5. The molecule has 2 aromatic rings. The summed E-state index contributed by atoms with van der Waals surface area (Å²) < 4.78 is 7.03. The standard InChI is InChI=1S/C16H21N3O2/c1-16(2,12-5-7-13(21-4)8-6-12)15(20)18-11-14-17-9-10-19(14)3/h5-10H,11H2,1-4H3,(H,18,20). The van der Waals surface area contributed by atoms with Crippen molar-refractivity contribution in [2.45, 2.75) is 25.8 Å². The average molecular weight is 287 g/mol. The number of hydrogen-bond acceptors (Lipinski definition) is 3. The highest BCUT2D eigenvalue weighted by Gasteiger charge is 2.29. The topological polar surface area (TPSA) is 56.1 Å². The van der Waals surface area contributed by atoms with Crippen molar-refractivity contribution in [3.05, 3.63) is 48.0 Å². The number of hydrogen-bond donors (Lipinski definition) is 1. The van der Waals surface area contributed by atoms with E-state index in [1.54, 1.807) is 13.3 Å². The third kappa shape index (κ3) is 3.24. The van der Waals surface area contributed by atoms with Crippen LogP contribution in [-0.2, 0) is 23.8 Å². The fourth-order valence-corrected chi connectivity index (χ4v) is 2.09. The van der Waals surface area contributed by atoms with Gasteiger partial charge < -0.3 is 14.6 Å². The summed E-state index contributed by atoms with van der Waals surface area (Å²) in [6.07, 6.45) is 3.58. The Hall–Kier alpha value is -2.30. The molecular formula is C16H21N3O2. The van der Waals surface area contributed by atoms with E-state index in [9.17, 15) is 4.79 Å². The lowest BCUT2D eigenvalue weighted by Crippen LogP contribution is -2.40. The number of imidazole rings is 1. The molecule has 2 rings (SSSR count). The number of nitrogens with zero attached hydrogens (tertiary/aromatic N) is 2. The van der Waals surface area contributed by atoms with E-state index in [4.69, 9.17) is 4.74 Å². The molecule has 0 fully saturated rings. The van der Waals surface area contributed by atoms with Crippen LogP contribution in [-0.4, -0.2) is 22.6 Å². The highest BCUT2D eigenvalue weighted by molar-refractivity contribution is 5.87. The van der Waals surface area contributed by atoms with E-state index < -0.39 is 5.41 Å². The second-order valence-corrected chi connectivity index (χ2v) is 5.49. The van der Waals surface area contributed by atoms with Crippen molar-refractivity contribution in [2.75, 3.05) is 7.11 Å². The zero-order valence-corrected chi connectivity index (χ0v) is 12.9. The van der Waals surface area contributed by atoms with Gasteiger partial charge in [-0.05, 0) is 31.5 Å². The summed E-state index contributed by atoms with van der Waals surface area (Å²) in [5.74, 6) is 1.58. The van der Waals surface area contributed by atoms with Crippen LogP contribution in [0.4, 0.5) is 0 Å². The lowest BCUT2D eigenvalue weighted by molar-refractivity contribution is -0.125. The quantitative estimate of drug-likeness (QED) is 0.915. The van der Waals surface area contributed by atoms with Crippen molar-refractivity contribution < 1.29 is 9.53 Å². The molecule has 0 radical (unpaired) electrons. The number of carbonyl (C=O) groups excluding carboxylic acids is 1. The molecule has 5 nitrogen and oxygen atoms in total. The molecule has 21 heavy (non-hydrogen) atoms. The van der Waals surface area contributed by atoms with Gasteiger partial charge in [-0.1, -0.05) is 12.1 Å². The first-order valence-corrected chi connectivity index (χ1v) is 6.84. The lowest BCUT2D eigenvalue weighted by atomic mass is 9.83. The van der Waals surface area contributed by atoms with Crippen molar-refractivity contribution in [3.63, 3.8) is 0 Å². The Balaban J connectivity index is 2.06. The molecule has 0 aliphatic heterocycles. The number of aromatic nitrogens is 2. The summed E-state index contributed by atoms with van der Waals surface area (Å²) in [6.45, 7) is 4.23. The number of amides is 1. The van der Waals surface area contributed by atoms with Crippen LogP contribution in [0, 0.1) is 0 Å². The molecule has 0 aliphatic rings. The van der Waals surface area contributed by atoms with Gasteiger partial charge in [0.25, 0.3) is 0 Å². The van der Waals surface area contributed by atoms with Gasteiger partial charge >= 0.3 is 0 Å². The molecule has 0 aliphatic carbocycles. The first-order chi connectivity index (χ1) is 9.95. The minimum Gasteiger partial charge on any atom is -0.497 e. The first kappa shape index (κ1) is 15.1. The molecule has 5 heteroatoms. The van der Waals surface area contributed by atoms with Gasteiger partial charge in [0.1, 0.15) is 11.6 Å². The molecule has 1 heterocycles. The van der Waals surface area contributed by atoms with E-state index in [-0.39, 0.29) is 5.91 Å². The molecule has 1 aromatic heterocycles. The zero-order chi connectivity index (χ0) is 15.5. The molecule has 1 amide bonds. The Morgan fingerprint density at radius 2 is 2.00 bits per heavy atom. The van der Waals surface area contributed by atoms with Crippen LogP contribution in [0.1, 0.15) is 25.2 Å². The van der Waals surface area contributed by atoms with Gasteiger partial charge in [-0.3, -0.25) is 4.79 Å². The van der Waals surface area contributed by atoms with Crippen molar-refractivity contribution >= 4 is 5.91 Å². The van der Waals surface area contributed by atoms with Gasteiger partial charge in [-0.2, -0.15) is 0 Å². The molecule has 1 aromatic carbocycles. The van der Waals surface area contributed by atoms with E-state index in [1.165, 1.54) is 0 Å². The normalized spacial score (nSPS) is 11.2. The van der Waals surface area contributed by atoms with Crippen molar-refractivity contribution in [2.24, 2.45) is 7.05 Å². The Morgan fingerprint density at radius 1 is 1.33 bits per heavy atom. The highest BCUT2D eigenvalue weighted by Crippen LogP contribution is 2.25. The summed E-state index contributed by atoms with van der Waals surface area (Å²) in [5, 5.41) is 2.94. The van der Waals surface area contributed by atoms with E-state index in [0.29, 0.717) is 6.54 Å². The van der Waals surface area contributed by atoms with E-state index >= 15 is 0 Å². The summed E-state index contributed by atoms with van der Waals surface area (Å²) in [6, 6.07) is 7.56. The average Bonchev–Trinajstić information content (AvgIpc) is 2.90. The first-order valence-electron chi connectivity index (χ1n) is 6.84. The summed E-state index contributed by atoms with van der Waals surface area (Å²) in [7, 11) is 3.53. The van der Waals surface area contributed by atoms with Crippen molar-refractivity contribution in [1.29, 1.82) is 0 Å². The summed E-state index contributed by atoms with van der Waals surface area (Å²) in [4.78, 5) is 16.6. The van der Waals surface area contributed by atoms with Crippen LogP contribution in [0.25, 0.3) is 0 Å². The van der Waals surface area contributed by atoms with Gasteiger partial charge in [0.2, 0.25) is 5.91 Å². The van der Waals surface area contributed by atoms with Crippen LogP contribution in [0.2, 0.25) is 0 Å². The molecular weight excluding hydrogens is 266 g/mol. The maximum absolute atomic E-state index is 12.4. The van der Waals surface area contributed by atoms with Crippen LogP contribution >= 0.6 is 0 Å². The molecule has 0 saturated carbocycles. The maximum Gasteiger partial charge on any atom is 0.230 e. The number of aryl methyl sites for hydroxylation is 1. The van der Waals surface area contributed by atoms with Crippen LogP contribution in [0.15, 0.2) is 36.7 Å². The van der Waals surface area contributed by atoms with Crippen LogP contribution in [0.5, 0.6) is 5.75 Å². The minimum absolute atomic E-state index is 0.0318. The molecule has 112 valence electrons. The SMILES string of the molecule is COc1ccc(C(C)(C)C(=O)NCc2nccn2C)cc1. The minimum atomic E-state index is -0.614. The molecule has 0 unspecified atom stereocenters. The van der Waals surface area contributed by atoms with E-state index in [0.717, 1.165) is 17.1 Å². The fourth-order valence-electron chi connectivity index (χ4n) is 2.09. The Labute approximate surface area is 125 Å². The van der Waals surface area contributed by atoms with E-state index in [2.05, 4.69) is 10.3 Å². The van der Waals surface area contributed by atoms with Crippen LogP contribution < -0.4 is 10.1 Å². The van der Waals surface area contributed by atoms with Crippen molar-refractivity contribution in [1.82, 2.24) is 14.9 Å². The molecule has 0 atom stereocenters. The smallest absolute Gasteiger partial charge is 0.230 e. The predicted molar refractivity (Wildman–Crippen MR) is 81.1 cm³/mol. The monoisotopic (exact) mass is 287 g/mol. The van der Waals surface area contributed by atoms with Crippen LogP contribution in [0.3, 0.4) is 0 Å². The zero-order valence-electron chi connectivity index (χ0n) is 12.9. The Morgan fingerprint density at radius 3 is 2.52 bits per heavy atom. The number of benzene rings is 1.